The van der Waals surface area contributed by atoms with Crippen molar-refractivity contribution in [2.75, 3.05) is 15.4 Å². The lowest BCUT2D eigenvalue weighted by Crippen LogP contribution is -2.19. The van der Waals surface area contributed by atoms with Gasteiger partial charge in [-0.15, -0.1) is 0 Å². The quantitative estimate of drug-likeness (QED) is 0.497. The van der Waals surface area contributed by atoms with Crippen molar-refractivity contribution >= 4 is 39.0 Å². The van der Waals surface area contributed by atoms with Crippen LogP contribution in [0.4, 0.5) is 21.9 Å². The van der Waals surface area contributed by atoms with Crippen molar-refractivity contribution in [3.8, 4) is 0 Å². The van der Waals surface area contributed by atoms with Crippen molar-refractivity contribution < 1.29 is 18.0 Å². The molecule has 0 spiro atoms. The molecule has 0 unspecified atom stereocenters. The zero-order valence-corrected chi connectivity index (χ0v) is 15.9. The van der Waals surface area contributed by atoms with Crippen LogP contribution in [0.15, 0.2) is 83.8 Å². The van der Waals surface area contributed by atoms with Gasteiger partial charge in [-0.25, -0.2) is 13.2 Å². The maximum atomic E-state index is 12.5. The van der Waals surface area contributed by atoms with E-state index in [1.165, 1.54) is 30.3 Å². The molecule has 8 nitrogen and oxygen atoms in total. The SMILES string of the molecule is NC(=O)c1ccc(S(=O)(=O)Nc2cccc(NC(=O)Nc3ccccc3)c2)cc1. The summed E-state index contributed by atoms with van der Waals surface area (Å²) in [7, 11) is -3.88. The number of amides is 3. The second-order valence-electron chi connectivity index (χ2n) is 6.02. The van der Waals surface area contributed by atoms with Gasteiger partial charge in [0.15, 0.2) is 0 Å². The fourth-order valence-electron chi connectivity index (χ4n) is 2.49. The number of carbonyl (C=O) groups excluding carboxylic acids is 2. The van der Waals surface area contributed by atoms with E-state index in [0.29, 0.717) is 11.4 Å². The zero-order valence-electron chi connectivity index (χ0n) is 15.1. The summed E-state index contributed by atoms with van der Waals surface area (Å²) in [5, 5.41) is 5.31. The summed E-state index contributed by atoms with van der Waals surface area (Å²) < 4.78 is 27.5. The number of urea groups is 1. The molecule has 29 heavy (non-hydrogen) atoms. The Morgan fingerprint density at radius 1 is 0.724 bits per heavy atom. The first-order valence-corrected chi connectivity index (χ1v) is 9.98. The molecule has 0 aliphatic carbocycles. The van der Waals surface area contributed by atoms with Gasteiger partial charge in [0, 0.05) is 16.9 Å². The lowest BCUT2D eigenvalue weighted by atomic mass is 10.2. The van der Waals surface area contributed by atoms with Crippen LogP contribution in [0.25, 0.3) is 0 Å². The number of primary amides is 1. The lowest BCUT2D eigenvalue weighted by molar-refractivity contribution is 0.1000. The summed E-state index contributed by atoms with van der Waals surface area (Å²) >= 11 is 0. The Labute approximate surface area is 167 Å². The molecule has 0 radical (unpaired) electrons. The summed E-state index contributed by atoms with van der Waals surface area (Å²) in [5.74, 6) is -0.644. The van der Waals surface area contributed by atoms with Crippen molar-refractivity contribution in [1.29, 1.82) is 0 Å². The van der Waals surface area contributed by atoms with E-state index in [1.54, 1.807) is 42.5 Å². The molecule has 0 saturated carbocycles. The van der Waals surface area contributed by atoms with Gasteiger partial charge < -0.3 is 16.4 Å². The Morgan fingerprint density at radius 3 is 1.97 bits per heavy atom. The van der Waals surface area contributed by atoms with Crippen LogP contribution in [-0.4, -0.2) is 20.4 Å². The monoisotopic (exact) mass is 410 g/mol. The average molecular weight is 410 g/mol. The van der Waals surface area contributed by atoms with E-state index in [9.17, 15) is 18.0 Å². The summed E-state index contributed by atoms with van der Waals surface area (Å²) in [6.45, 7) is 0. The molecule has 3 rings (SSSR count). The number of rotatable bonds is 6. The highest BCUT2D eigenvalue weighted by Crippen LogP contribution is 2.20. The van der Waals surface area contributed by atoms with Gasteiger partial charge in [0.2, 0.25) is 5.91 Å². The van der Waals surface area contributed by atoms with Crippen LogP contribution < -0.4 is 21.1 Å². The zero-order chi connectivity index (χ0) is 20.9. The second kappa shape index (κ2) is 8.44. The number of hydrogen-bond acceptors (Lipinski definition) is 4. The number of hydrogen-bond donors (Lipinski definition) is 4. The summed E-state index contributed by atoms with van der Waals surface area (Å²) in [4.78, 5) is 23.2. The van der Waals surface area contributed by atoms with E-state index in [4.69, 9.17) is 5.73 Å². The van der Waals surface area contributed by atoms with Gasteiger partial charge in [0.1, 0.15) is 0 Å². The van der Waals surface area contributed by atoms with Crippen LogP contribution >= 0.6 is 0 Å². The van der Waals surface area contributed by atoms with E-state index in [2.05, 4.69) is 15.4 Å². The molecule has 0 bridgehead atoms. The molecule has 0 saturated heterocycles. The molecule has 0 aromatic heterocycles. The molecule has 0 aliphatic heterocycles. The van der Waals surface area contributed by atoms with E-state index < -0.39 is 22.0 Å². The first-order chi connectivity index (χ1) is 13.8. The first-order valence-electron chi connectivity index (χ1n) is 8.49. The Bertz CT molecular complexity index is 1130. The van der Waals surface area contributed by atoms with Crippen LogP contribution in [0.1, 0.15) is 10.4 Å². The van der Waals surface area contributed by atoms with Crippen LogP contribution in [0, 0.1) is 0 Å². The van der Waals surface area contributed by atoms with Crippen molar-refractivity contribution in [2.24, 2.45) is 5.73 Å². The average Bonchev–Trinajstić information content (AvgIpc) is 2.68. The van der Waals surface area contributed by atoms with Crippen molar-refractivity contribution in [1.82, 2.24) is 0 Å². The number of para-hydroxylation sites is 1. The molecule has 3 aromatic rings. The third kappa shape index (κ3) is 5.33. The summed E-state index contributed by atoms with van der Waals surface area (Å²) in [6, 6.07) is 20.0. The Morgan fingerprint density at radius 2 is 1.31 bits per heavy atom. The molecule has 3 amide bonds. The fraction of sp³-hybridized carbons (Fsp3) is 0. The largest absolute Gasteiger partial charge is 0.366 e. The predicted octanol–water partition coefficient (Wildman–Crippen LogP) is 3.23. The smallest absolute Gasteiger partial charge is 0.323 e. The third-order valence-corrected chi connectivity index (χ3v) is 5.25. The van der Waals surface area contributed by atoms with Gasteiger partial charge in [0.25, 0.3) is 10.0 Å². The molecule has 0 heterocycles. The van der Waals surface area contributed by atoms with Gasteiger partial charge in [-0.2, -0.15) is 0 Å². The molecule has 148 valence electrons. The molecular weight excluding hydrogens is 392 g/mol. The third-order valence-electron chi connectivity index (χ3n) is 3.85. The minimum absolute atomic E-state index is 0.0253. The standard InChI is InChI=1S/C20H18N4O4S/c21-19(25)14-9-11-18(12-10-14)29(27,28)24-17-8-4-7-16(13-17)23-20(26)22-15-5-2-1-3-6-15/h1-13,24H,(H2,21,25)(H2,22,23,26). The minimum Gasteiger partial charge on any atom is -0.366 e. The number of anilines is 3. The number of benzene rings is 3. The minimum atomic E-state index is -3.88. The van der Waals surface area contributed by atoms with Crippen molar-refractivity contribution in [3.63, 3.8) is 0 Å². The Kier molecular flexibility index (Phi) is 5.79. The highest BCUT2D eigenvalue weighted by Gasteiger charge is 2.15. The van der Waals surface area contributed by atoms with Gasteiger partial charge >= 0.3 is 6.03 Å². The number of nitrogens with two attached hydrogens (primary N) is 1. The van der Waals surface area contributed by atoms with Gasteiger partial charge in [-0.3, -0.25) is 9.52 Å². The van der Waals surface area contributed by atoms with Crippen molar-refractivity contribution in [3.05, 3.63) is 84.4 Å². The van der Waals surface area contributed by atoms with E-state index >= 15 is 0 Å². The first kappa shape index (κ1) is 19.9. The van der Waals surface area contributed by atoms with Gasteiger partial charge in [-0.05, 0) is 54.6 Å². The molecular formula is C20H18N4O4S. The predicted molar refractivity (Wildman–Crippen MR) is 111 cm³/mol. The van der Waals surface area contributed by atoms with Crippen molar-refractivity contribution in [2.45, 2.75) is 4.90 Å². The van der Waals surface area contributed by atoms with Gasteiger partial charge in [0.05, 0.1) is 10.6 Å². The fourth-order valence-corrected chi connectivity index (χ4v) is 3.54. The Balaban J connectivity index is 1.70. The normalized spacial score (nSPS) is 10.8. The molecule has 0 aliphatic rings. The Hall–Kier alpha value is -3.85. The van der Waals surface area contributed by atoms with Gasteiger partial charge in [-0.1, -0.05) is 24.3 Å². The van der Waals surface area contributed by atoms with E-state index in [1.807, 2.05) is 6.07 Å². The molecule has 5 N–H and O–H groups in total. The summed E-state index contributed by atoms with van der Waals surface area (Å²) in [5.41, 5.74) is 6.66. The van der Waals surface area contributed by atoms with E-state index in [-0.39, 0.29) is 16.1 Å². The molecule has 0 atom stereocenters. The number of nitrogens with one attached hydrogen (secondary N) is 3. The molecule has 3 aromatic carbocycles. The topological polar surface area (TPSA) is 130 Å². The molecule has 0 fully saturated rings. The number of sulfonamides is 1. The highest BCUT2D eigenvalue weighted by atomic mass is 32.2. The van der Waals surface area contributed by atoms with Crippen LogP contribution in [0.3, 0.4) is 0 Å². The highest BCUT2D eigenvalue weighted by molar-refractivity contribution is 7.92. The van der Waals surface area contributed by atoms with Crippen LogP contribution in [0.5, 0.6) is 0 Å². The lowest BCUT2D eigenvalue weighted by Gasteiger charge is -2.11. The molecule has 9 heteroatoms. The van der Waals surface area contributed by atoms with Crippen LogP contribution in [0.2, 0.25) is 0 Å². The van der Waals surface area contributed by atoms with Crippen LogP contribution in [-0.2, 0) is 10.0 Å². The summed E-state index contributed by atoms with van der Waals surface area (Å²) in [6.07, 6.45) is 0. The maximum Gasteiger partial charge on any atom is 0.323 e. The number of carbonyl (C=O) groups is 2. The second-order valence-corrected chi connectivity index (χ2v) is 7.70. The van der Waals surface area contributed by atoms with E-state index in [0.717, 1.165) is 0 Å². The maximum absolute atomic E-state index is 12.5.